The number of nitrogens with two attached hydrogens (primary N) is 1. The van der Waals surface area contributed by atoms with E-state index in [0.717, 1.165) is 25.1 Å². The zero-order chi connectivity index (χ0) is 15.4. The highest BCUT2D eigenvalue weighted by molar-refractivity contribution is 5.92. The van der Waals surface area contributed by atoms with E-state index >= 15 is 0 Å². The van der Waals surface area contributed by atoms with Gasteiger partial charge in [0.15, 0.2) is 0 Å². The van der Waals surface area contributed by atoms with Crippen LogP contribution in [0.3, 0.4) is 0 Å². The third-order valence-corrected chi connectivity index (χ3v) is 4.51. The normalized spacial score (nSPS) is 23.0. The lowest BCUT2D eigenvalue weighted by Gasteiger charge is -2.37. The second kappa shape index (κ2) is 7.05. The monoisotopic (exact) mass is 289 g/mol. The first-order valence-corrected chi connectivity index (χ1v) is 7.80. The van der Waals surface area contributed by atoms with Gasteiger partial charge >= 0.3 is 0 Å². The summed E-state index contributed by atoms with van der Waals surface area (Å²) in [7, 11) is 0. The number of amides is 1. The standard InChI is InChI=1S/C17H27N3O/c1-12-6-7-20(16(8-12)10-18)11-17(21)19-15-5-4-13(2)14(3)9-15/h4-5,9,12,16H,6-8,10-11,18H2,1-3H3,(H,19,21). The van der Waals surface area contributed by atoms with Crippen LogP contribution >= 0.6 is 0 Å². The smallest absolute Gasteiger partial charge is 0.238 e. The van der Waals surface area contributed by atoms with Crippen LogP contribution in [0.15, 0.2) is 18.2 Å². The minimum Gasteiger partial charge on any atom is -0.329 e. The molecule has 0 radical (unpaired) electrons. The van der Waals surface area contributed by atoms with Crippen LogP contribution in [0, 0.1) is 19.8 Å². The number of rotatable bonds is 4. The van der Waals surface area contributed by atoms with E-state index < -0.39 is 0 Å². The van der Waals surface area contributed by atoms with Gasteiger partial charge in [-0.05, 0) is 62.4 Å². The van der Waals surface area contributed by atoms with Gasteiger partial charge in [-0.15, -0.1) is 0 Å². The van der Waals surface area contributed by atoms with Crippen LogP contribution in [0.25, 0.3) is 0 Å². The first-order chi connectivity index (χ1) is 9.99. The minimum atomic E-state index is 0.0475. The number of nitrogens with one attached hydrogen (secondary N) is 1. The number of anilines is 1. The Morgan fingerprint density at radius 2 is 2.14 bits per heavy atom. The zero-order valence-corrected chi connectivity index (χ0v) is 13.4. The van der Waals surface area contributed by atoms with Crippen molar-refractivity contribution < 1.29 is 4.79 Å². The summed E-state index contributed by atoms with van der Waals surface area (Å²) in [6, 6.07) is 6.35. The van der Waals surface area contributed by atoms with E-state index in [0.29, 0.717) is 25.0 Å². The van der Waals surface area contributed by atoms with Crippen molar-refractivity contribution in [2.75, 3.05) is 25.0 Å². The number of carbonyl (C=O) groups excluding carboxylic acids is 1. The summed E-state index contributed by atoms with van der Waals surface area (Å²) in [5, 5.41) is 2.99. The average molecular weight is 289 g/mol. The molecule has 0 aliphatic carbocycles. The van der Waals surface area contributed by atoms with Crippen molar-refractivity contribution >= 4 is 11.6 Å². The first kappa shape index (κ1) is 16.0. The van der Waals surface area contributed by atoms with Crippen LogP contribution in [0.5, 0.6) is 0 Å². The van der Waals surface area contributed by atoms with Crippen molar-refractivity contribution in [1.82, 2.24) is 4.90 Å². The molecular weight excluding hydrogens is 262 g/mol. The van der Waals surface area contributed by atoms with Crippen molar-refractivity contribution in [2.45, 2.75) is 39.7 Å². The molecule has 1 amide bonds. The molecule has 21 heavy (non-hydrogen) atoms. The quantitative estimate of drug-likeness (QED) is 0.894. The van der Waals surface area contributed by atoms with E-state index in [-0.39, 0.29) is 5.91 Å². The Labute approximate surface area is 127 Å². The highest BCUT2D eigenvalue weighted by Crippen LogP contribution is 2.22. The maximum Gasteiger partial charge on any atom is 0.238 e. The Hall–Kier alpha value is -1.39. The molecule has 0 aromatic heterocycles. The molecule has 1 aliphatic rings. The van der Waals surface area contributed by atoms with Crippen LogP contribution < -0.4 is 11.1 Å². The average Bonchev–Trinajstić information content (AvgIpc) is 2.44. The Kier molecular flexibility index (Phi) is 5.37. The van der Waals surface area contributed by atoms with Gasteiger partial charge in [-0.25, -0.2) is 0 Å². The fourth-order valence-electron chi connectivity index (χ4n) is 2.96. The molecule has 0 bridgehead atoms. The molecule has 3 N–H and O–H groups in total. The fourth-order valence-corrected chi connectivity index (χ4v) is 2.96. The van der Waals surface area contributed by atoms with Crippen LogP contribution in [0.2, 0.25) is 0 Å². The number of aryl methyl sites for hydroxylation is 2. The molecule has 4 nitrogen and oxygen atoms in total. The maximum atomic E-state index is 12.2. The summed E-state index contributed by atoms with van der Waals surface area (Å²) in [6.07, 6.45) is 2.24. The molecule has 1 heterocycles. The summed E-state index contributed by atoms with van der Waals surface area (Å²) in [5.41, 5.74) is 9.15. The topological polar surface area (TPSA) is 58.4 Å². The van der Waals surface area contributed by atoms with E-state index in [1.807, 2.05) is 18.2 Å². The molecule has 0 spiro atoms. The van der Waals surface area contributed by atoms with Gasteiger partial charge in [0.25, 0.3) is 0 Å². The van der Waals surface area contributed by atoms with E-state index in [4.69, 9.17) is 5.73 Å². The number of piperidine rings is 1. The van der Waals surface area contributed by atoms with Crippen LogP contribution in [-0.2, 0) is 4.79 Å². The highest BCUT2D eigenvalue weighted by Gasteiger charge is 2.26. The van der Waals surface area contributed by atoms with Gasteiger partial charge in [0.05, 0.1) is 6.54 Å². The highest BCUT2D eigenvalue weighted by atomic mass is 16.2. The molecule has 1 aromatic carbocycles. The number of hydrogen-bond acceptors (Lipinski definition) is 3. The van der Waals surface area contributed by atoms with Crippen molar-refractivity contribution in [3.8, 4) is 0 Å². The van der Waals surface area contributed by atoms with Gasteiger partial charge in [-0.3, -0.25) is 9.69 Å². The summed E-state index contributed by atoms with van der Waals surface area (Å²) >= 11 is 0. The Bertz CT molecular complexity index is 501. The summed E-state index contributed by atoms with van der Waals surface area (Å²) < 4.78 is 0. The Morgan fingerprint density at radius 3 is 2.81 bits per heavy atom. The van der Waals surface area contributed by atoms with Crippen molar-refractivity contribution in [3.63, 3.8) is 0 Å². The lowest BCUT2D eigenvalue weighted by atomic mass is 9.92. The van der Waals surface area contributed by atoms with Crippen LogP contribution in [0.1, 0.15) is 30.9 Å². The summed E-state index contributed by atoms with van der Waals surface area (Å²) in [5.74, 6) is 0.754. The van der Waals surface area contributed by atoms with Gasteiger partial charge in [-0.1, -0.05) is 13.0 Å². The number of nitrogens with zero attached hydrogens (tertiary/aromatic N) is 1. The van der Waals surface area contributed by atoms with E-state index in [1.165, 1.54) is 11.1 Å². The van der Waals surface area contributed by atoms with Crippen molar-refractivity contribution in [1.29, 1.82) is 0 Å². The van der Waals surface area contributed by atoms with Crippen LogP contribution in [0.4, 0.5) is 5.69 Å². The minimum absolute atomic E-state index is 0.0475. The Balaban J connectivity index is 1.93. The second-order valence-corrected chi connectivity index (χ2v) is 6.34. The molecule has 2 atom stereocenters. The predicted molar refractivity (Wildman–Crippen MR) is 87.4 cm³/mol. The zero-order valence-electron chi connectivity index (χ0n) is 13.4. The molecule has 0 saturated carbocycles. The third kappa shape index (κ3) is 4.29. The lowest BCUT2D eigenvalue weighted by molar-refractivity contribution is -0.118. The SMILES string of the molecule is Cc1ccc(NC(=O)CN2CCC(C)CC2CN)cc1C. The van der Waals surface area contributed by atoms with Gasteiger partial charge in [-0.2, -0.15) is 0 Å². The number of likely N-dealkylation sites (tertiary alicyclic amines) is 1. The molecule has 1 aliphatic heterocycles. The van der Waals surface area contributed by atoms with Gasteiger partial charge < -0.3 is 11.1 Å². The summed E-state index contributed by atoms with van der Waals surface area (Å²) in [6.45, 7) is 8.41. The van der Waals surface area contributed by atoms with Crippen LogP contribution in [-0.4, -0.2) is 36.5 Å². The molecular formula is C17H27N3O. The molecule has 2 unspecified atom stereocenters. The van der Waals surface area contributed by atoms with Crippen molar-refractivity contribution in [2.24, 2.45) is 11.7 Å². The number of carbonyl (C=O) groups is 1. The largest absolute Gasteiger partial charge is 0.329 e. The first-order valence-electron chi connectivity index (χ1n) is 7.80. The van der Waals surface area contributed by atoms with Gasteiger partial charge in [0.2, 0.25) is 5.91 Å². The maximum absolute atomic E-state index is 12.2. The van der Waals surface area contributed by atoms with E-state index in [9.17, 15) is 4.79 Å². The Morgan fingerprint density at radius 1 is 1.38 bits per heavy atom. The molecule has 1 aromatic rings. The predicted octanol–water partition coefficient (Wildman–Crippen LogP) is 2.30. The van der Waals surface area contributed by atoms with Gasteiger partial charge in [0, 0.05) is 18.3 Å². The molecule has 1 fully saturated rings. The lowest BCUT2D eigenvalue weighted by Crippen LogP contribution is -2.49. The second-order valence-electron chi connectivity index (χ2n) is 6.34. The summed E-state index contributed by atoms with van der Waals surface area (Å²) in [4.78, 5) is 14.4. The van der Waals surface area contributed by atoms with Crippen molar-refractivity contribution in [3.05, 3.63) is 29.3 Å². The molecule has 4 heteroatoms. The fraction of sp³-hybridized carbons (Fsp3) is 0.588. The molecule has 2 rings (SSSR count). The molecule has 1 saturated heterocycles. The van der Waals surface area contributed by atoms with E-state index in [2.05, 4.69) is 31.0 Å². The van der Waals surface area contributed by atoms with Gasteiger partial charge in [0.1, 0.15) is 0 Å². The van der Waals surface area contributed by atoms with E-state index in [1.54, 1.807) is 0 Å². The number of benzene rings is 1. The third-order valence-electron chi connectivity index (χ3n) is 4.51. The molecule has 116 valence electrons. The number of hydrogen-bond donors (Lipinski definition) is 2.